The van der Waals surface area contributed by atoms with Gasteiger partial charge in [-0.1, -0.05) is 23.7 Å². The Bertz CT molecular complexity index is 675. The predicted octanol–water partition coefficient (Wildman–Crippen LogP) is 4.41. The van der Waals surface area contributed by atoms with E-state index in [-0.39, 0.29) is 0 Å². The van der Waals surface area contributed by atoms with Crippen molar-refractivity contribution in [2.45, 2.75) is 25.4 Å². The van der Waals surface area contributed by atoms with Gasteiger partial charge in [-0.3, -0.25) is 0 Å². The number of aliphatic hydroxyl groups is 1. The quantitative estimate of drug-likeness (QED) is 0.888. The summed E-state index contributed by atoms with van der Waals surface area (Å²) in [6.45, 7) is 0. The number of rotatable bonds is 2. The smallest absolute Gasteiger partial charge is 0.152 e. The molecule has 3 saturated carbocycles. The number of furan rings is 1. The molecular formula is C17H17ClO2. The summed E-state index contributed by atoms with van der Waals surface area (Å²) in [6.07, 6.45) is 3.71. The molecule has 0 radical (unpaired) electrons. The Morgan fingerprint density at radius 3 is 2.65 bits per heavy atom. The first-order chi connectivity index (χ1) is 9.74. The second-order valence-corrected chi connectivity index (χ2v) is 7.22. The third-order valence-corrected chi connectivity index (χ3v) is 6.26. The highest BCUT2D eigenvalue weighted by Gasteiger charge is 2.67. The molecule has 3 fully saturated rings. The molecule has 0 aliphatic heterocycles. The van der Waals surface area contributed by atoms with Gasteiger partial charge in [0.15, 0.2) is 5.58 Å². The fourth-order valence-corrected chi connectivity index (χ4v) is 5.42. The van der Waals surface area contributed by atoms with Crippen molar-refractivity contribution >= 4 is 22.6 Å². The fourth-order valence-electron chi connectivity index (χ4n) is 5.20. The van der Waals surface area contributed by atoms with E-state index in [4.69, 9.17) is 16.0 Å². The number of para-hydroxylation sites is 1. The molecule has 5 rings (SSSR count). The maximum Gasteiger partial charge on any atom is 0.152 e. The molecule has 5 unspecified atom stereocenters. The second kappa shape index (κ2) is 3.80. The van der Waals surface area contributed by atoms with Gasteiger partial charge in [0.2, 0.25) is 0 Å². The van der Waals surface area contributed by atoms with E-state index in [1.165, 1.54) is 19.3 Å². The lowest BCUT2D eigenvalue weighted by molar-refractivity contribution is 0.108. The molecule has 20 heavy (non-hydrogen) atoms. The minimum absolute atomic E-state index is 0.431. The fraction of sp³-hybridized carbons (Fsp3) is 0.529. The summed E-state index contributed by atoms with van der Waals surface area (Å²) < 4.78 is 5.84. The molecule has 5 atom stereocenters. The summed E-state index contributed by atoms with van der Waals surface area (Å²) >= 11 is 6.15. The zero-order valence-corrected chi connectivity index (χ0v) is 11.9. The zero-order valence-electron chi connectivity index (χ0n) is 11.1. The van der Waals surface area contributed by atoms with Crippen LogP contribution in [0.5, 0.6) is 0 Å². The van der Waals surface area contributed by atoms with Gasteiger partial charge in [0.25, 0.3) is 0 Å². The molecule has 2 nitrogen and oxygen atoms in total. The first kappa shape index (κ1) is 11.6. The average Bonchev–Trinajstić information content (AvgIpc) is 2.84. The first-order valence-electron chi connectivity index (χ1n) is 7.60. The summed E-state index contributed by atoms with van der Waals surface area (Å²) in [5, 5.41) is 12.3. The van der Waals surface area contributed by atoms with Gasteiger partial charge >= 0.3 is 0 Å². The summed E-state index contributed by atoms with van der Waals surface area (Å²) in [4.78, 5) is 0. The lowest BCUT2D eigenvalue weighted by Crippen LogP contribution is -2.07. The molecule has 3 aliphatic rings. The molecule has 3 heteroatoms. The van der Waals surface area contributed by atoms with E-state index in [0.29, 0.717) is 22.3 Å². The highest BCUT2D eigenvalue weighted by atomic mass is 35.5. The van der Waals surface area contributed by atoms with Gasteiger partial charge in [0.1, 0.15) is 11.9 Å². The topological polar surface area (TPSA) is 33.4 Å². The molecule has 0 amide bonds. The van der Waals surface area contributed by atoms with Crippen molar-refractivity contribution in [3.05, 3.63) is 35.0 Å². The van der Waals surface area contributed by atoms with Crippen LogP contribution in [0.3, 0.4) is 0 Å². The number of fused-ring (bicyclic) bond motifs is 6. The maximum atomic E-state index is 10.7. The van der Waals surface area contributed by atoms with Crippen molar-refractivity contribution in [2.24, 2.45) is 29.6 Å². The van der Waals surface area contributed by atoms with E-state index in [1.54, 1.807) is 0 Å². The largest absolute Gasteiger partial charge is 0.457 e. The molecule has 3 aliphatic carbocycles. The van der Waals surface area contributed by atoms with Crippen molar-refractivity contribution < 1.29 is 9.52 Å². The van der Waals surface area contributed by atoms with Crippen LogP contribution in [0.15, 0.2) is 28.7 Å². The zero-order chi connectivity index (χ0) is 13.4. The lowest BCUT2D eigenvalue weighted by Gasteiger charge is -2.12. The SMILES string of the molecule is OC(c1cc2cccc(Cl)c2o1)C1C2C3CCC(C3)C21. The molecule has 104 valence electrons. The van der Waals surface area contributed by atoms with Crippen LogP contribution in [-0.4, -0.2) is 5.11 Å². The number of hydrogen-bond acceptors (Lipinski definition) is 2. The Balaban J connectivity index is 1.49. The van der Waals surface area contributed by atoms with Crippen molar-refractivity contribution in [1.82, 2.24) is 0 Å². The number of aliphatic hydroxyl groups excluding tert-OH is 1. The van der Waals surface area contributed by atoms with E-state index in [0.717, 1.165) is 29.1 Å². The first-order valence-corrected chi connectivity index (χ1v) is 7.98. The average molecular weight is 289 g/mol. The third kappa shape index (κ3) is 1.39. The Morgan fingerprint density at radius 1 is 1.20 bits per heavy atom. The van der Waals surface area contributed by atoms with Crippen molar-refractivity contribution in [3.63, 3.8) is 0 Å². The van der Waals surface area contributed by atoms with Crippen LogP contribution in [0.2, 0.25) is 5.02 Å². The minimum atomic E-state index is -0.447. The monoisotopic (exact) mass is 288 g/mol. The summed E-state index contributed by atoms with van der Waals surface area (Å²) in [5.74, 6) is 4.39. The van der Waals surface area contributed by atoms with Crippen LogP contribution in [0.4, 0.5) is 0 Å². The van der Waals surface area contributed by atoms with Gasteiger partial charge in [-0.05, 0) is 61.0 Å². The molecule has 1 N–H and O–H groups in total. The molecular weight excluding hydrogens is 272 g/mol. The third-order valence-electron chi connectivity index (χ3n) is 5.97. The summed E-state index contributed by atoms with van der Waals surface area (Å²) in [5.41, 5.74) is 0.706. The van der Waals surface area contributed by atoms with Gasteiger partial charge in [-0.25, -0.2) is 0 Å². The minimum Gasteiger partial charge on any atom is -0.457 e. The van der Waals surface area contributed by atoms with Crippen molar-refractivity contribution in [2.75, 3.05) is 0 Å². The normalized spacial score (nSPS) is 39.2. The maximum absolute atomic E-state index is 10.7. The number of benzene rings is 1. The standard InChI is InChI=1S/C17H17ClO2/c18-11-3-1-2-10-7-12(20-17(10)11)16(19)15-13-8-4-5-9(6-8)14(13)15/h1-3,7-9,13-16,19H,4-6H2. The van der Waals surface area contributed by atoms with Crippen LogP contribution in [0.1, 0.15) is 31.1 Å². The second-order valence-electron chi connectivity index (χ2n) is 6.82. The van der Waals surface area contributed by atoms with Crippen molar-refractivity contribution in [1.29, 1.82) is 0 Å². The molecule has 1 aromatic heterocycles. The molecule has 2 bridgehead atoms. The van der Waals surface area contributed by atoms with Gasteiger partial charge < -0.3 is 9.52 Å². The Morgan fingerprint density at radius 2 is 1.95 bits per heavy atom. The molecule has 0 spiro atoms. The highest BCUT2D eigenvalue weighted by Crippen LogP contribution is 2.72. The van der Waals surface area contributed by atoms with Crippen LogP contribution in [0, 0.1) is 29.6 Å². The molecule has 2 aromatic rings. The Kier molecular flexibility index (Phi) is 2.22. The van der Waals surface area contributed by atoms with Crippen LogP contribution < -0.4 is 0 Å². The van der Waals surface area contributed by atoms with Gasteiger partial charge in [0, 0.05) is 5.39 Å². The van der Waals surface area contributed by atoms with E-state index < -0.39 is 6.10 Å². The van der Waals surface area contributed by atoms with Crippen LogP contribution >= 0.6 is 11.6 Å². The predicted molar refractivity (Wildman–Crippen MR) is 77.5 cm³/mol. The molecule has 1 aromatic carbocycles. The molecule has 1 heterocycles. The number of hydrogen-bond donors (Lipinski definition) is 1. The summed E-state index contributed by atoms with van der Waals surface area (Å²) in [6, 6.07) is 7.69. The Labute approximate surface area is 122 Å². The van der Waals surface area contributed by atoms with Gasteiger partial charge in [-0.15, -0.1) is 0 Å². The Hall–Kier alpha value is -0.990. The van der Waals surface area contributed by atoms with Crippen molar-refractivity contribution in [3.8, 4) is 0 Å². The highest BCUT2D eigenvalue weighted by molar-refractivity contribution is 6.34. The van der Waals surface area contributed by atoms with Gasteiger partial charge in [0.05, 0.1) is 5.02 Å². The van der Waals surface area contributed by atoms with Gasteiger partial charge in [-0.2, -0.15) is 0 Å². The van der Waals surface area contributed by atoms with Crippen LogP contribution in [-0.2, 0) is 0 Å². The number of halogens is 1. The van der Waals surface area contributed by atoms with Crippen LogP contribution in [0.25, 0.3) is 11.0 Å². The van der Waals surface area contributed by atoms with E-state index in [2.05, 4.69) is 0 Å². The lowest BCUT2D eigenvalue weighted by atomic mass is 9.98. The molecule has 0 saturated heterocycles. The van der Waals surface area contributed by atoms with E-state index >= 15 is 0 Å². The summed E-state index contributed by atoms with van der Waals surface area (Å²) in [7, 11) is 0. The van der Waals surface area contributed by atoms with E-state index in [9.17, 15) is 5.11 Å². The van der Waals surface area contributed by atoms with E-state index in [1.807, 2.05) is 24.3 Å².